The molecule has 0 spiro atoms. The fourth-order valence-electron chi connectivity index (χ4n) is 1.80. The standard InChI is InChI=1S/C14H16N4O3S/c15-7-13(21)16-5-1-2-12(20)18-14-17-10-4-3-9(8-19)6-11(10)22-14/h3-4,6,8H,1-2,5,7,15H2,(H,16,21)(H,17,18,20). The minimum atomic E-state index is -0.238. The van der Waals surface area contributed by atoms with Crippen molar-refractivity contribution in [3.05, 3.63) is 23.8 Å². The van der Waals surface area contributed by atoms with Gasteiger partial charge >= 0.3 is 0 Å². The number of nitrogens with two attached hydrogens (primary N) is 1. The molecule has 1 aromatic heterocycles. The largest absolute Gasteiger partial charge is 0.355 e. The van der Waals surface area contributed by atoms with Gasteiger partial charge in [0.25, 0.3) is 0 Å². The minimum Gasteiger partial charge on any atom is -0.355 e. The molecule has 0 aliphatic carbocycles. The van der Waals surface area contributed by atoms with Crippen molar-refractivity contribution >= 4 is 44.8 Å². The molecule has 0 saturated carbocycles. The van der Waals surface area contributed by atoms with Crippen molar-refractivity contribution < 1.29 is 14.4 Å². The molecule has 0 aliphatic heterocycles. The molecule has 1 heterocycles. The molecule has 2 aromatic rings. The van der Waals surface area contributed by atoms with E-state index in [0.717, 1.165) is 16.5 Å². The lowest BCUT2D eigenvalue weighted by Gasteiger charge is -2.03. The number of nitrogens with zero attached hydrogens (tertiary/aromatic N) is 1. The summed E-state index contributed by atoms with van der Waals surface area (Å²) < 4.78 is 0.843. The molecule has 0 radical (unpaired) electrons. The van der Waals surface area contributed by atoms with Crippen LogP contribution in [0.3, 0.4) is 0 Å². The molecule has 4 N–H and O–H groups in total. The third kappa shape index (κ3) is 4.34. The first kappa shape index (κ1) is 16.1. The van der Waals surface area contributed by atoms with Gasteiger partial charge < -0.3 is 16.4 Å². The van der Waals surface area contributed by atoms with Gasteiger partial charge in [0, 0.05) is 18.5 Å². The maximum Gasteiger partial charge on any atom is 0.233 e. The number of aromatic nitrogens is 1. The van der Waals surface area contributed by atoms with E-state index in [2.05, 4.69) is 15.6 Å². The second-order valence-electron chi connectivity index (χ2n) is 4.57. The van der Waals surface area contributed by atoms with Gasteiger partial charge in [-0.05, 0) is 24.6 Å². The molecule has 0 saturated heterocycles. The van der Waals surface area contributed by atoms with Crippen molar-refractivity contribution in [1.29, 1.82) is 0 Å². The van der Waals surface area contributed by atoms with Crippen LogP contribution in [0, 0.1) is 0 Å². The SMILES string of the molecule is NCC(=O)NCCCC(=O)Nc1nc2ccc(C=O)cc2s1. The van der Waals surface area contributed by atoms with Crippen molar-refractivity contribution in [2.45, 2.75) is 12.8 Å². The van der Waals surface area contributed by atoms with Crippen molar-refractivity contribution in [3.8, 4) is 0 Å². The molecule has 2 amide bonds. The molecular weight excluding hydrogens is 304 g/mol. The van der Waals surface area contributed by atoms with Gasteiger partial charge in [0.2, 0.25) is 11.8 Å². The summed E-state index contributed by atoms with van der Waals surface area (Å²) in [7, 11) is 0. The van der Waals surface area contributed by atoms with E-state index in [-0.39, 0.29) is 24.8 Å². The van der Waals surface area contributed by atoms with Gasteiger partial charge in [0.15, 0.2) is 5.13 Å². The van der Waals surface area contributed by atoms with Gasteiger partial charge in [0.1, 0.15) is 6.29 Å². The Hall–Kier alpha value is -2.32. The van der Waals surface area contributed by atoms with Crippen LogP contribution < -0.4 is 16.4 Å². The lowest BCUT2D eigenvalue weighted by molar-refractivity contribution is -0.120. The number of amides is 2. The Morgan fingerprint density at radius 2 is 2.14 bits per heavy atom. The van der Waals surface area contributed by atoms with Crippen LogP contribution in [0.5, 0.6) is 0 Å². The third-order valence-electron chi connectivity index (χ3n) is 2.88. The van der Waals surface area contributed by atoms with Crippen LogP contribution in [0.1, 0.15) is 23.2 Å². The minimum absolute atomic E-state index is 0.0549. The Bertz CT molecular complexity index is 698. The molecule has 0 fully saturated rings. The van der Waals surface area contributed by atoms with E-state index in [1.807, 2.05) is 0 Å². The number of rotatable bonds is 7. The Morgan fingerprint density at radius 1 is 1.32 bits per heavy atom. The number of fused-ring (bicyclic) bond motifs is 1. The zero-order valence-corrected chi connectivity index (χ0v) is 12.6. The normalized spacial score (nSPS) is 10.4. The van der Waals surface area contributed by atoms with Gasteiger partial charge in [-0.1, -0.05) is 11.3 Å². The second kappa shape index (κ2) is 7.62. The first-order valence-electron chi connectivity index (χ1n) is 6.75. The van der Waals surface area contributed by atoms with Crippen molar-refractivity contribution in [2.75, 3.05) is 18.4 Å². The molecule has 0 unspecified atom stereocenters. The highest BCUT2D eigenvalue weighted by Crippen LogP contribution is 2.26. The van der Waals surface area contributed by atoms with Gasteiger partial charge in [0.05, 0.1) is 16.8 Å². The van der Waals surface area contributed by atoms with E-state index in [4.69, 9.17) is 5.73 Å². The number of benzene rings is 1. The lowest BCUT2D eigenvalue weighted by atomic mass is 10.2. The van der Waals surface area contributed by atoms with E-state index in [9.17, 15) is 14.4 Å². The number of aldehydes is 1. The quantitative estimate of drug-likeness (QED) is 0.518. The van der Waals surface area contributed by atoms with E-state index in [0.29, 0.717) is 23.7 Å². The molecule has 0 aliphatic rings. The average Bonchev–Trinajstić information content (AvgIpc) is 2.92. The monoisotopic (exact) mass is 320 g/mol. The van der Waals surface area contributed by atoms with E-state index < -0.39 is 0 Å². The summed E-state index contributed by atoms with van der Waals surface area (Å²) in [6, 6.07) is 5.16. The van der Waals surface area contributed by atoms with E-state index in [1.165, 1.54) is 11.3 Å². The van der Waals surface area contributed by atoms with Gasteiger partial charge in [-0.2, -0.15) is 0 Å². The van der Waals surface area contributed by atoms with Gasteiger partial charge in [-0.15, -0.1) is 0 Å². The number of hydrogen-bond acceptors (Lipinski definition) is 6. The number of thiazole rings is 1. The third-order valence-corrected chi connectivity index (χ3v) is 3.82. The average molecular weight is 320 g/mol. The van der Waals surface area contributed by atoms with Crippen LogP contribution in [0.15, 0.2) is 18.2 Å². The van der Waals surface area contributed by atoms with E-state index >= 15 is 0 Å². The fraction of sp³-hybridized carbons (Fsp3) is 0.286. The van der Waals surface area contributed by atoms with Crippen LogP contribution in [-0.2, 0) is 9.59 Å². The van der Waals surface area contributed by atoms with E-state index in [1.54, 1.807) is 18.2 Å². The molecule has 1 aromatic carbocycles. The summed E-state index contributed by atoms with van der Waals surface area (Å²) >= 11 is 1.31. The van der Waals surface area contributed by atoms with Crippen molar-refractivity contribution in [1.82, 2.24) is 10.3 Å². The maximum atomic E-state index is 11.8. The number of carbonyl (C=O) groups is 3. The topological polar surface area (TPSA) is 114 Å². The molecular formula is C14H16N4O3S. The Morgan fingerprint density at radius 3 is 2.86 bits per heavy atom. The van der Waals surface area contributed by atoms with Crippen LogP contribution >= 0.6 is 11.3 Å². The van der Waals surface area contributed by atoms with Crippen LogP contribution in [0.4, 0.5) is 5.13 Å². The molecule has 2 rings (SSSR count). The summed E-state index contributed by atoms with van der Waals surface area (Å²) in [5.41, 5.74) is 6.46. The summed E-state index contributed by atoms with van der Waals surface area (Å²) in [6.07, 6.45) is 1.57. The molecule has 22 heavy (non-hydrogen) atoms. The highest BCUT2D eigenvalue weighted by molar-refractivity contribution is 7.22. The fourth-order valence-corrected chi connectivity index (χ4v) is 2.73. The van der Waals surface area contributed by atoms with Crippen LogP contribution in [0.2, 0.25) is 0 Å². The second-order valence-corrected chi connectivity index (χ2v) is 5.60. The van der Waals surface area contributed by atoms with Gasteiger partial charge in [-0.25, -0.2) is 4.98 Å². The Balaban J connectivity index is 1.86. The molecule has 7 nitrogen and oxygen atoms in total. The Kier molecular flexibility index (Phi) is 5.56. The smallest absolute Gasteiger partial charge is 0.233 e. The number of anilines is 1. The zero-order valence-electron chi connectivity index (χ0n) is 11.8. The summed E-state index contributed by atoms with van der Waals surface area (Å²) in [6.45, 7) is 0.354. The number of nitrogens with one attached hydrogen (secondary N) is 2. The summed E-state index contributed by atoms with van der Waals surface area (Å²) in [4.78, 5) is 37.7. The first-order valence-corrected chi connectivity index (χ1v) is 7.56. The Labute approximate surface area is 130 Å². The summed E-state index contributed by atoms with van der Waals surface area (Å²) in [5, 5.41) is 5.80. The molecule has 8 heteroatoms. The van der Waals surface area contributed by atoms with Gasteiger partial charge in [-0.3, -0.25) is 14.4 Å². The molecule has 0 bridgehead atoms. The maximum absolute atomic E-state index is 11.8. The predicted octanol–water partition coefficient (Wildman–Crippen LogP) is 0.902. The van der Waals surface area contributed by atoms with Crippen molar-refractivity contribution in [3.63, 3.8) is 0 Å². The van der Waals surface area contributed by atoms with Crippen LogP contribution in [0.25, 0.3) is 10.2 Å². The number of carbonyl (C=O) groups excluding carboxylic acids is 3. The number of hydrogen-bond donors (Lipinski definition) is 3. The first-order chi connectivity index (χ1) is 10.6. The van der Waals surface area contributed by atoms with Crippen molar-refractivity contribution in [2.24, 2.45) is 5.73 Å². The zero-order chi connectivity index (χ0) is 15.9. The van der Waals surface area contributed by atoms with Crippen LogP contribution in [-0.4, -0.2) is 36.2 Å². The highest BCUT2D eigenvalue weighted by atomic mass is 32.1. The summed E-state index contributed by atoms with van der Waals surface area (Å²) in [5.74, 6) is -0.408. The molecule has 0 atom stereocenters. The molecule has 116 valence electrons. The lowest BCUT2D eigenvalue weighted by Crippen LogP contribution is -2.31. The predicted molar refractivity (Wildman–Crippen MR) is 84.9 cm³/mol. The highest BCUT2D eigenvalue weighted by Gasteiger charge is 2.08.